The van der Waals surface area contributed by atoms with Gasteiger partial charge >= 0.3 is 0 Å². The molecule has 7 heteroatoms. The van der Waals surface area contributed by atoms with Crippen LogP contribution in [0.3, 0.4) is 0 Å². The third-order valence-electron chi connectivity index (χ3n) is 3.77. The van der Waals surface area contributed by atoms with Gasteiger partial charge in [-0.3, -0.25) is 19.7 Å². The quantitative estimate of drug-likeness (QED) is 0.455. The van der Waals surface area contributed by atoms with Crippen molar-refractivity contribution in [3.63, 3.8) is 0 Å². The van der Waals surface area contributed by atoms with Gasteiger partial charge in [-0.15, -0.1) is 0 Å². The van der Waals surface area contributed by atoms with Crippen LogP contribution in [0.2, 0.25) is 0 Å². The highest BCUT2D eigenvalue weighted by atomic mass is 79.9. The van der Waals surface area contributed by atoms with E-state index >= 15 is 0 Å². The van der Waals surface area contributed by atoms with Gasteiger partial charge in [0.25, 0.3) is 17.5 Å². The average Bonchev–Trinajstić information content (AvgIpc) is 2.76. The molecule has 0 aromatic heterocycles. The Balaban J connectivity index is 2.18. The minimum atomic E-state index is -0.668. The van der Waals surface area contributed by atoms with Crippen LogP contribution in [0.1, 0.15) is 31.8 Å². The molecule has 0 saturated heterocycles. The number of rotatable bonds is 2. The summed E-state index contributed by atoms with van der Waals surface area (Å²) in [6.07, 6.45) is 0. The van der Waals surface area contributed by atoms with Gasteiger partial charge in [-0.25, -0.2) is 4.90 Å². The summed E-state index contributed by atoms with van der Waals surface area (Å²) in [6, 6.07) is 7.46. The van der Waals surface area contributed by atoms with E-state index in [1.165, 1.54) is 18.2 Å². The van der Waals surface area contributed by atoms with Crippen LogP contribution in [0, 0.1) is 24.0 Å². The highest BCUT2D eigenvalue weighted by Crippen LogP contribution is 2.35. The largest absolute Gasteiger partial charge is 0.283 e. The Morgan fingerprint density at radius 3 is 2.26 bits per heavy atom. The second-order valence-electron chi connectivity index (χ2n) is 5.30. The predicted octanol–water partition coefficient (Wildman–Crippen LogP) is 3.77. The van der Waals surface area contributed by atoms with Crippen molar-refractivity contribution in [1.29, 1.82) is 0 Å². The molecule has 2 aromatic carbocycles. The summed E-state index contributed by atoms with van der Waals surface area (Å²) in [4.78, 5) is 36.7. The van der Waals surface area contributed by atoms with Gasteiger partial charge in [-0.1, -0.05) is 22.0 Å². The van der Waals surface area contributed by atoms with Crippen LogP contribution in [0.4, 0.5) is 11.4 Å². The minimum Gasteiger partial charge on any atom is -0.268 e. The molecule has 0 N–H and O–H groups in total. The van der Waals surface area contributed by atoms with E-state index in [0.29, 0.717) is 5.69 Å². The zero-order valence-electron chi connectivity index (χ0n) is 12.3. The van der Waals surface area contributed by atoms with E-state index in [4.69, 9.17) is 0 Å². The Bertz CT molecular complexity index is 869. The van der Waals surface area contributed by atoms with E-state index < -0.39 is 16.7 Å². The van der Waals surface area contributed by atoms with Crippen LogP contribution in [0.25, 0.3) is 0 Å². The number of fused-ring (bicyclic) bond motifs is 1. The van der Waals surface area contributed by atoms with Gasteiger partial charge in [-0.05, 0) is 43.2 Å². The average molecular weight is 375 g/mol. The van der Waals surface area contributed by atoms with E-state index in [0.717, 1.165) is 20.5 Å². The molecule has 23 heavy (non-hydrogen) atoms. The van der Waals surface area contributed by atoms with E-state index in [1.54, 1.807) is 12.1 Å². The monoisotopic (exact) mass is 374 g/mol. The van der Waals surface area contributed by atoms with E-state index in [9.17, 15) is 19.7 Å². The molecular formula is C16H11BrN2O4. The van der Waals surface area contributed by atoms with Crippen LogP contribution in [0.5, 0.6) is 0 Å². The lowest BCUT2D eigenvalue weighted by Gasteiger charge is -2.16. The molecular weight excluding hydrogens is 364 g/mol. The van der Waals surface area contributed by atoms with Gasteiger partial charge in [0.2, 0.25) is 0 Å². The number of carbonyl (C=O) groups excluding carboxylic acids is 2. The highest BCUT2D eigenvalue weighted by Gasteiger charge is 2.41. The predicted molar refractivity (Wildman–Crippen MR) is 87.9 cm³/mol. The van der Waals surface area contributed by atoms with Gasteiger partial charge in [0.1, 0.15) is 5.56 Å². The molecule has 0 fully saturated rings. The number of hydrogen-bond acceptors (Lipinski definition) is 4. The van der Waals surface area contributed by atoms with Crippen LogP contribution in [-0.2, 0) is 0 Å². The number of amides is 2. The van der Waals surface area contributed by atoms with Crippen molar-refractivity contribution in [2.24, 2.45) is 0 Å². The fourth-order valence-electron chi connectivity index (χ4n) is 2.71. The number of hydrogen-bond donors (Lipinski definition) is 0. The number of aryl methyl sites for hydroxylation is 2. The fourth-order valence-corrected chi connectivity index (χ4v) is 2.94. The number of anilines is 1. The molecule has 0 radical (unpaired) electrons. The molecule has 6 nitrogen and oxygen atoms in total. The first-order chi connectivity index (χ1) is 10.8. The third-order valence-corrected chi connectivity index (χ3v) is 5.02. The Labute approximate surface area is 140 Å². The van der Waals surface area contributed by atoms with Crippen LogP contribution in [0.15, 0.2) is 34.8 Å². The number of carbonyl (C=O) groups is 2. The maximum atomic E-state index is 12.6. The number of benzene rings is 2. The Morgan fingerprint density at radius 1 is 1.09 bits per heavy atom. The number of nitrogens with zero attached hydrogens (tertiary/aromatic N) is 2. The summed E-state index contributed by atoms with van der Waals surface area (Å²) in [6.45, 7) is 3.70. The van der Waals surface area contributed by atoms with Crippen molar-refractivity contribution in [3.8, 4) is 0 Å². The second-order valence-corrected chi connectivity index (χ2v) is 6.09. The summed E-state index contributed by atoms with van der Waals surface area (Å²) < 4.78 is 0.892. The lowest BCUT2D eigenvalue weighted by atomic mass is 10.1. The summed E-state index contributed by atoms with van der Waals surface area (Å²) >= 11 is 3.43. The Morgan fingerprint density at radius 2 is 1.70 bits per heavy atom. The molecule has 0 bridgehead atoms. The topological polar surface area (TPSA) is 80.5 Å². The zero-order valence-corrected chi connectivity index (χ0v) is 13.9. The lowest BCUT2D eigenvalue weighted by Crippen LogP contribution is -2.29. The van der Waals surface area contributed by atoms with Crippen molar-refractivity contribution in [1.82, 2.24) is 0 Å². The van der Waals surface area contributed by atoms with Gasteiger partial charge in [0.15, 0.2) is 0 Å². The first kappa shape index (κ1) is 15.4. The molecule has 2 aromatic rings. The van der Waals surface area contributed by atoms with Gasteiger partial charge in [-0.2, -0.15) is 0 Å². The Hall–Kier alpha value is -2.54. The van der Waals surface area contributed by atoms with Crippen molar-refractivity contribution in [3.05, 3.63) is 67.2 Å². The smallest absolute Gasteiger partial charge is 0.268 e. The number of nitro benzene ring substituents is 1. The van der Waals surface area contributed by atoms with E-state index in [1.807, 2.05) is 13.8 Å². The molecule has 1 heterocycles. The first-order valence-electron chi connectivity index (χ1n) is 6.76. The minimum absolute atomic E-state index is 0.0578. The molecule has 0 unspecified atom stereocenters. The summed E-state index contributed by atoms with van der Waals surface area (Å²) in [7, 11) is 0. The van der Waals surface area contributed by atoms with E-state index in [-0.39, 0.29) is 16.8 Å². The van der Waals surface area contributed by atoms with Gasteiger partial charge in [0, 0.05) is 10.5 Å². The molecule has 116 valence electrons. The van der Waals surface area contributed by atoms with E-state index in [2.05, 4.69) is 15.9 Å². The molecule has 1 aliphatic rings. The highest BCUT2D eigenvalue weighted by molar-refractivity contribution is 9.10. The SMILES string of the molecule is Cc1cc(N2C(=O)c3cccc([N+](=O)[O-])c3C2=O)cc(C)c1Br. The van der Waals surface area contributed by atoms with Crippen molar-refractivity contribution < 1.29 is 14.5 Å². The van der Waals surface area contributed by atoms with Gasteiger partial charge in [0.05, 0.1) is 16.2 Å². The summed E-state index contributed by atoms with van der Waals surface area (Å²) in [5, 5.41) is 11.1. The Kier molecular flexibility index (Phi) is 3.52. The molecule has 0 atom stereocenters. The molecule has 0 saturated carbocycles. The molecule has 0 spiro atoms. The number of halogens is 1. The summed E-state index contributed by atoms with van der Waals surface area (Å²) in [5.74, 6) is -1.21. The van der Waals surface area contributed by atoms with Crippen molar-refractivity contribution >= 4 is 39.1 Å². The molecule has 1 aliphatic heterocycles. The standard InChI is InChI=1S/C16H11BrN2O4/c1-8-6-10(7-9(2)14(8)17)18-15(20)11-4-3-5-12(19(22)23)13(11)16(18)21/h3-7H,1-2H3. The molecule has 2 amide bonds. The maximum Gasteiger partial charge on any atom is 0.283 e. The fraction of sp³-hybridized carbons (Fsp3) is 0.125. The number of nitro groups is 1. The lowest BCUT2D eigenvalue weighted by molar-refractivity contribution is -0.385. The van der Waals surface area contributed by atoms with Crippen molar-refractivity contribution in [2.75, 3.05) is 4.90 Å². The molecule has 3 rings (SSSR count). The van der Waals surface area contributed by atoms with Gasteiger partial charge < -0.3 is 0 Å². The first-order valence-corrected chi connectivity index (χ1v) is 7.55. The van der Waals surface area contributed by atoms with Crippen LogP contribution >= 0.6 is 15.9 Å². The molecule has 0 aliphatic carbocycles. The summed E-state index contributed by atoms with van der Waals surface area (Å²) in [5.41, 5.74) is 1.69. The van der Waals surface area contributed by atoms with Crippen LogP contribution in [-0.4, -0.2) is 16.7 Å². The third kappa shape index (κ3) is 2.24. The normalized spacial score (nSPS) is 13.4. The second kappa shape index (κ2) is 5.27. The van der Waals surface area contributed by atoms with Crippen LogP contribution < -0.4 is 4.90 Å². The zero-order chi connectivity index (χ0) is 16.9. The maximum absolute atomic E-state index is 12.6. The van der Waals surface area contributed by atoms with Crippen molar-refractivity contribution in [2.45, 2.75) is 13.8 Å². The number of imide groups is 1.